The highest BCUT2D eigenvalue weighted by molar-refractivity contribution is 5.03. The van der Waals surface area contributed by atoms with E-state index in [2.05, 4.69) is 24.2 Å². The number of aliphatic hydroxyl groups excluding tert-OH is 1. The Morgan fingerprint density at radius 1 is 1.15 bits per heavy atom. The average Bonchev–Trinajstić information content (AvgIpc) is 3.15. The largest absolute Gasteiger partial charge is 0.394 e. The zero-order chi connectivity index (χ0) is 14.2. The number of aliphatic hydroxyl groups is 1. The van der Waals surface area contributed by atoms with Gasteiger partial charge < -0.3 is 15.3 Å². The summed E-state index contributed by atoms with van der Waals surface area (Å²) in [4.78, 5) is 2.65. The molecule has 4 unspecified atom stereocenters. The van der Waals surface area contributed by atoms with E-state index in [0.29, 0.717) is 18.7 Å². The highest BCUT2D eigenvalue weighted by Gasteiger charge is 2.44. The van der Waals surface area contributed by atoms with Crippen molar-refractivity contribution in [3.05, 3.63) is 0 Å². The Balaban J connectivity index is 1.57. The van der Waals surface area contributed by atoms with E-state index in [1.807, 2.05) is 0 Å². The number of hydrogen-bond acceptors (Lipinski definition) is 3. The van der Waals surface area contributed by atoms with Gasteiger partial charge in [-0.25, -0.2) is 0 Å². The lowest BCUT2D eigenvalue weighted by Crippen LogP contribution is -2.49. The molecule has 3 aliphatic carbocycles. The van der Waals surface area contributed by atoms with Crippen molar-refractivity contribution in [2.75, 3.05) is 13.7 Å². The highest BCUT2D eigenvalue weighted by Crippen LogP contribution is 2.38. The lowest BCUT2D eigenvalue weighted by Gasteiger charge is -2.38. The summed E-state index contributed by atoms with van der Waals surface area (Å²) in [6.45, 7) is 2.72. The SMILES string of the molecule is CC1CCCC(N(C)C2CCC(CO)(NC3CC3)C2)C1. The molecule has 3 saturated carbocycles. The third-order valence-electron chi connectivity index (χ3n) is 6.03. The lowest BCUT2D eigenvalue weighted by atomic mass is 9.85. The van der Waals surface area contributed by atoms with Crippen LogP contribution in [0.15, 0.2) is 0 Å². The Morgan fingerprint density at radius 3 is 2.60 bits per heavy atom. The van der Waals surface area contributed by atoms with Crippen molar-refractivity contribution in [1.29, 1.82) is 0 Å². The van der Waals surface area contributed by atoms with Crippen molar-refractivity contribution in [3.8, 4) is 0 Å². The predicted molar refractivity (Wildman–Crippen MR) is 82.8 cm³/mol. The van der Waals surface area contributed by atoms with Gasteiger partial charge in [-0.3, -0.25) is 0 Å². The van der Waals surface area contributed by atoms with Gasteiger partial charge in [-0.2, -0.15) is 0 Å². The molecule has 20 heavy (non-hydrogen) atoms. The number of nitrogens with one attached hydrogen (secondary N) is 1. The zero-order valence-electron chi connectivity index (χ0n) is 13.3. The Bertz CT molecular complexity index is 331. The van der Waals surface area contributed by atoms with Crippen molar-refractivity contribution in [2.24, 2.45) is 5.92 Å². The Hall–Kier alpha value is -0.120. The van der Waals surface area contributed by atoms with Gasteiger partial charge in [0.1, 0.15) is 0 Å². The van der Waals surface area contributed by atoms with Crippen LogP contribution in [-0.4, -0.2) is 47.3 Å². The van der Waals surface area contributed by atoms with Gasteiger partial charge >= 0.3 is 0 Å². The molecule has 0 bridgehead atoms. The molecule has 4 atom stereocenters. The Labute approximate surface area is 124 Å². The first kappa shape index (κ1) is 14.8. The van der Waals surface area contributed by atoms with Gasteiger partial charge in [-0.1, -0.05) is 19.8 Å². The van der Waals surface area contributed by atoms with Gasteiger partial charge in [0.2, 0.25) is 0 Å². The van der Waals surface area contributed by atoms with Gasteiger partial charge in [0.05, 0.1) is 6.61 Å². The molecule has 116 valence electrons. The van der Waals surface area contributed by atoms with Gasteiger partial charge in [0.15, 0.2) is 0 Å². The van der Waals surface area contributed by atoms with Gasteiger partial charge in [-0.15, -0.1) is 0 Å². The summed E-state index contributed by atoms with van der Waals surface area (Å²) < 4.78 is 0. The van der Waals surface area contributed by atoms with Crippen LogP contribution >= 0.6 is 0 Å². The third-order valence-corrected chi connectivity index (χ3v) is 6.03. The smallest absolute Gasteiger partial charge is 0.0614 e. The maximum Gasteiger partial charge on any atom is 0.0614 e. The first-order valence-corrected chi connectivity index (χ1v) is 8.72. The average molecular weight is 280 g/mol. The first-order valence-electron chi connectivity index (χ1n) is 8.72. The molecule has 0 heterocycles. The summed E-state index contributed by atoms with van der Waals surface area (Å²) >= 11 is 0. The van der Waals surface area contributed by atoms with Crippen molar-refractivity contribution in [2.45, 2.75) is 88.4 Å². The summed E-state index contributed by atoms with van der Waals surface area (Å²) in [6.07, 6.45) is 11.7. The summed E-state index contributed by atoms with van der Waals surface area (Å²) in [5.41, 5.74) is 0.0282. The molecule has 3 aliphatic rings. The van der Waals surface area contributed by atoms with Crippen LogP contribution in [-0.2, 0) is 0 Å². The van der Waals surface area contributed by atoms with Crippen molar-refractivity contribution >= 4 is 0 Å². The van der Waals surface area contributed by atoms with Crippen LogP contribution in [0.1, 0.15) is 64.7 Å². The zero-order valence-corrected chi connectivity index (χ0v) is 13.3. The standard InChI is InChI=1S/C17H32N2O/c1-13-4-3-5-15(10-13)19(2)16-8-9-17(11-16,12-20)18-14-6-7-14/h13-16,18,20H,3-12H2,1-2H3. The minimum Gasteiger partial charge on any atom is -0.394 e. The van der Waals surface area contributed by atoms with Crippen molar-refractivity contribution in [1.82, 2.24) is 10.2 Å². The van der Waals surface area contributed by atoms with E-state index in [4.69, 9.17) is 0 Å². The maximum atomic E-state index is 9.86. The topological polar surface area (TPSA) is 35.5 Å². The van der Waals surface area contributed by atoms with Crippen molar-refractivity contribution in [3.63, 3.8) is 0 Å². The summed E-state index contributed by atoms with van der Waals surface area (Å²) in [5, 5.41) is 13.6. The molecule has 0 aliphatic heterocycles. The second-order valence-electron chi connectivity index (χ2n) is 7.84. The van der Waals surface area contributed by atoms with Crippen LogP contribution in [0, 0.1) is 5.92 Å². The molecular weight excluding hydrogens is 248 g/mol. The molecule has 0 spiro atoms. The van der Waals surface area contributed by atoms with Crippen LogP contribution < -0.4 is 5.32 Å². The molecule has 3 heteroatoms. The molecule has 0 aromatic rings. The van der Waals surface area contributed by atoms with Crippen LogP contribution in [0.5, 0.6) is 0 Å². The number of hydrogen-bond donors (Lipinski definition) is 2. The van der Waals surface area contributed by atoms with E-state index in [9.17, 15) is 5.11 Å². The second kappa shape index (κ2) is 5.94. The third kappa shape index (κ3) is 3.20. The number of nitrogens with zero attached hydrogens (tertiary/aromatic N) is 1. The molecule has 3 nitrogen and oxygen atoms in total. The molecule has 0 radical (unpaired) electrons. The molecule has 3 rings (SSSR count). The Morgan fingerprint density at radius 2 is 1.95 bits per heavy atom. The van der Waals surface area contributed by atoms with Gasteiger partial charge in [0.25, 0.3) is 0 Å². The van der Waals surface area contributed by atoms with Crippen LogP contribution in [0.2, 0.25) is 0 Å². The second-order valence-corrected chi connectivity index (χ2v) is 7.84. The van der Waals surface area contributed by atoms with E-state index in [0.717, 1.165) is 24.8 Å². The summed E-state index contributed by atoms with van der Waals surface area (Å²) in [7, 11) is 2.33. The van der Waals surface area contributed by atoms with E-state index >= 15 is 0 Å². The van der Waals surface area contributed by atoms with Gasteiger partial charge in [0, 0.05) is 23.7 Å². The normalized spacial score (nSPS) is 42.3. The molecular formula is C17H32N2O. The fourth-order valence-electron chi connectivity index (χ4n) is 4.50. The molecule has 0 aromatic carbocycles. The van der Waals surface area contributed by atoms with Crippen molar-refractivity contribution < 1.29 is 5.11 Å². The quantitative estimate of drug-likeness (QED) is 0.812. The lowest BCUT2D eigenvalue weighted by molar-refractivity contribution is 0.104. The highest BCUT2D eigenvalue weighted by atomic mass is 16.3. The van der Waals surface area contributed by atoms with E-state index in [1.54, 1.807) is 0 Å². The molecule has 2 N–H and O–H groups in total. The minimum atomic E-state index is 0.0282. The summed E-state index contributed by atoms with van der Waals surface area (Å²) in [6, 6.07) is 2.14. The van der Waals surface area contributed by atoms with E-state index in [1.165, 1.54) is 44.9 Å². The van der Waals surface area contributed by atoms with Gasteiger partial charge in [-0.05, 0) is 57.9 Å². The minimum absolute atomic E-state index is 0.0282. The molecule has 0 aromatic heterocycles. The van der Waals surface area contributed by atoms with E-state index < -0.39 is 0 Å². The Kier molecular flexibility index (Phi) is 4.40. The number of rotatable bonds is 5. The monoisotopic (exact) mass is 280 g/mol. The first-order chi connectivity index (χ1) is 9.62. The van der Waals surface area contributed by atoms with Crippen LogP contribution in [0.25, 0.3) is 0 Å². The fourth-order valence-corrected chi connectivity index (χ4v) is 4.50. The van der Waals surface area contributed by atoms with Crippen LogP contribution in [0.4, 0.5) is 0 Å². The molecule has 0 amide bonds. The summed E-state index contributed by atoms with van der Waals surface area (Å²) in [5.74, 6) is 0.893. The molecule has 0 saturated heterocycles. The van der Waals surface area contributed by atoms with Crippen LogP contribution in [0.3, 0.4) is 0 Å². The van der Waals surface area contributed by atoms with E-state index in [-0.39, 0.29) is 5.54 Å². The fraction of sp³-hybridized carbons (Fsp3) is 1.00. The molecule has 3 fully saturated rings. The predicted octanol–water partition coefficient (Wildman–Crippen LogP) is 2.53. The maximum absolute atomic E-state index is 9.86.